The van der Waals surface area contributed by atoms with E-state index in [1.165, 1.54) is 28.5 Å². The fraction of sp³-hybridized carbons (Fsp3) is 0.429. The maximum absolute atomic E-state index is 12.9. The first-order valence-corrected chi connectivity index (χ1v) is 13.4. The van der Waals surface area contributed by atoms with Gasteiger partial charge in [-0.15, -0.1) is 0 Å². The Bertz CT molecular complexity index is 1230. The number of nitrogens with zero attached hydrogens (tertiary/aromatic N) is 3. The third-order valence-corrected chi connectivity index (χ3v) is 8.02. The Labute approximate surface area is 211 Å². The number of piperidine rings is 1. The van der Waals surface area contributed by atoms with Crippen LogP contribution >= 0.6 is 11.8 Å². The van der Waals surface area contributed by atoms with Crippen LogP contribution in [0.15, 0.2) is 46.5 Å². The van der Waals surface area contributed by atoms with Crippen LogP contribution in [0, 0.1) is 26.7 Å². The van der Waals surface area contributed by atoms with E-state index in [0.717, 1.165) is 79.1 Å². The molecule has 2 aliphatic heterocycles. The van der Waals surface area contributed by atoms with Crippen molar-refractivity contribution in [2.75, 3.05) is 32.8 Å². The van der Waals surface area contributed by atoms with Crippen LogP contribution in [0.2, 0.25) is 0 Å². The van der Waals surface area contributed by atoms with Gasteiger partial charge < -0.3 is 15.0 Å². The number of benzene rings is 1. The van der Waals surface area contributed by atoms with E-state index in [4.69, 9.17) is 4.74 Å². The van der Waals surface area contributed by atoms with E-state index in [1.54, 1.807) is 0 Å². The standard InChI is InChI=1S/C28H34N4O2S/c1-19-14-20(2)27(21(3)15-19)34-13-5-10-31-11-8-22(9-12-31)17-30-28(33)24-16-23-18-29-25-6-4-7-26(35-24)32(23)25/h4,6-7,14-16,18,22H,5,8-13,17H2,1-3H3,(H,30,33). The van der Waals surface area contributed by atoms with Gasteiger partial charge in [0.05, 0.1) is 28.4 Å². The molecule has 7 heteroatoms. The predicted octanol–water partition coefficient (Wildman–Crippen LogP) is 5.00. The van der Waals surface area contributed by atoms with Crippen LogP contribution in [0.4, 0.5) is 0 Å². The van der Waals surface area contributed by atoms with Crippen LogP contribution in [0.1, 0.15) is 41.6 Å². The number of carbonyl (C=O) groups is 1. The SMILES string of the molecule is Cc1cc(C)c(OCCCN2CCC(CNC(=O)C3=Cc4cnc5cccc(n45)S3)CC2)c(C)c1. The van der Waals surface area contributed by atoms with Gasteiger partial charge in [0.2, 0.25) is 0 Å². The number of imidazole rings is 1. The molecule has 1 amide bonds. The highest BCUT2D eigenvalue weighted by Gasteiger charge is 2.23. The fourth-order valence-electron chi connectivity index (χ4n) is 5.19. The van der Waals surface area contributed by atoms with Crippen molar-refractivity contribution in [3.05, 3.63) is 63.8 Å². The van der Waals surface area contributed by atoms with E-state index in [-0.39, 0.29) is 5.91 Å². The summed E-state index contributed by atoms with van der Waals surface area (Å²) < 4.78 is 8.19. The number of rotatable bonds is 8. The van der Waals surface area contributed by atoms with Crippen molar-refractivity contribution in [3.63, 3.8) is 0 Å². The highest BCUT2D eigenvalue weighted by molar-refractivity contribution is 8.04. The Morgan fingerprint density at radius 3 is 2.71 bits per heavy atom. The summed E-state index contributed by atoms with van der Waals surface area (Å²) >= 11 is 1.51. The topological polar surface area (TPSA) is 58.9 Å². The smallest absolute Gasteiger partial charge is 0.258 e. The Hall–Kier alpha value is -2.77. The van der Waals surface area contributed by atoms with Crippen LogP contribution in [-0.2, 0) is 4.79 Å². The van der Waals surface area contributed by atoms with Gasteiger partial charge in [-0.1, -0.05) is 35.5 Å². The van der Waals surface area contributed by atoms with Crippen molar-refractivity contribution in [2.24, 2.45) is 5.92 Å². The number of carbonyl (C=O) groups excluding carboxylic acids is 1. The number of likely N-dealkylation sites (tertiary alicyclic amines) is 1. The molecular formula is C28H34N4O2S. The molecule has 0 bridgehead atoms. The molecule has 1 N–H and O–H groups in total. The summed E-state index contributed by atoms with van der Waals surface area (Å²) in [6.07, 6.45) is 7.04. The summed E-state index contributed by atoms with van der Waals surface area (Å²) in [7, 11) is 0. The summed E-state index contributed by atoms with van der Waals surface area (Å²) in [5, 5.41) is 4.22. The number of hydrogen-bond donors (Lipinski definition) is 1. The molecule has 2 aliphatic rings. The Kier molecular flexibility index (Phi) is 7.16. The van der Waals surface area contributed by atoms with Crippen LogP contribution in [0.3, 0.4) is 0 Å². The number of thioether (sulfide) groups is 1. The number of hydrogen-bond acceptors (Lipinski definition) is 5. The van der Waals surface area contributed by atoms with Gasteiger partial charge in [0, 0.05) is 13.1 Å². The van der Waals surface area contributed by atoms with Crippen molar-refractivity contribution in [3.8, 4) is 5.75 Å². The molecule has 0 saturated carbocycles. The molecule has 3 aromatic rings. The molecule has 5 rings (SSSR count). The van der Waals surface area contributed by atoms with Gasteiger partial charge in [-0.25, -0.2) is 4.98 Å². The lowest BCUT2D eigenvalue weighted by Crippen LogP contribution is -2.39. The van der Waals surface area contributed by atoms with Gasteiger partial charge in [-0.2, -0.15) is 0 Å². The first kappa shape index (κ1) is 23.9. The van der Waals surface area contributed by atoms with Crippen molar-refractivity contribution in [1.82, 2.24) is 19.6 Å². The molecule has 4 heterocycles. The molecule has 0 radical (unpaired) electrons. The van der Waals surface area contributed by atoms with Crippen LogP contribution in [0.5, 0.6) is 5.75 Å². The first-order chi connectivity index (χ1) is 17.0. The highest BCUT2D eigenvalue weighted by Crippen LogP contribution is 2.34. The first-order valence-electron chi connectivity index (χ1n) is 12.5. The zero-order valence-electron chi connectivity index (χ0n) is 20.8. The average Bonchev–Trinajstić information content (AvgIpc) is 3.26. The average molecular weight is 491 g/mol. The molecule has 1 aromatic carbocycles. The minimum absolute atomic E-state index is 0.0146. The number of aromatic nitrogens is 2. The number of nitrogens with one attached hydrogen (secondary N) is 1. The Morgan fingerprint density at radius 2 is 1.94 bits per heavy atom. The van der Waals surface area contributed by atoms with E-state index < -0.39 is 0 Å². The fourth-order valence-corrected chi connectivity index (χ4v) is 6.20. The number of pyridine rings is 1. The van der Waals surface area contributed by atoms with Gasteiger partial charge in [0.1, 0.15) is 11.4 Å². The second-order valence-electron chi connectivity index (χ2n) is 9.78. The van der Waals surface area contributed by atoms with Crippen molar-refractivity contribution in [2.45, 2.75) is 45.1 Å². The molecule has 0 spiro atoms. The number of ether oxygens (including phenoxy) is 1. The minimum Gasteiger partial charge on any atom is -0.493 e. The Morgan fingerprint density at radius 1 is 1.17 bits per heavy atom. The normalized spacial score (nSPS) is 16.4. The predicted molar refractivity (Wildman–Crippen MR) is 142 cm³/mol. The van der Waals surface area contributed by atoms with E-state index in [9.17, 15) is 4.79 Å². The van der Waals surface area contributed by atoms with E-state index in [0.29, 0.717) is 5.92 Å². The van der Waals surface area contributed by atoms with Crippen molar-refractivity contribution in [1.29, 1.82) is 0 Å². The van der Waals surface area contributed by atoms with Gasteiger partial charge in [-0.3, -0.25) is 9.20 Å². The van der Waals surface area contributed by atoms with Crippen LogP contribution < -0.4 is 10.1 Å². The molecule has 2 aromatic heterocycles. The number of amides is 1. The third-order valence-electron chi connectivity index (χ3n) is 6.97. The van der Waals surface area contributed by atoms with Gasteiger partial charge in [-0.05, 0) is 88.4 Å². The van der Waals surface area contributed by atoms with Gasteiger partial charge >= 0.3 is 0 Å². The van der Waals surface area contributed by atoms with Crippen LogP contribution in [-0.4, -0.2) is 53.0 Å². The zero-order valence-corrected chi connectivity index (χ0v) is 21.7. The minimum atomic E-state index is 0.0146. The Balaban J connectivity index is 1.03. The maximum atomic E-state index is 12.9. The summed E-state index contributed by atoms with van der Waals surface area (Å²) in [6, 6.07) is 10.4. The molecule has 0 aliphatic carbocycles. The van der Waals surface area contributed by atoms with Crippen LogP contribution in [0.25, 0.3) is 11.7 Å². The summed E-state index contributed by atoms with van der Waals surface area (Å²) in [4.78, 5) is 20.5. The largest absolute Gasteiger partial charge is 0.493 e. The number of aryl methyl sites for hydroxylation is 3. The van der Waals surface area contributed by atoms with Gasteiger partial charge in [0.25, 0.3) is 5.91 Å². The lowest BCUT2D eigenvalue weighted by molar-refractivity contribution is -0.117. The summed E-state index contributed by atoms with van der Waals surface area (Å²) in [5.41, 5.74) is 5.60. The molecule has 35 heavy (non-hydrogen) atoms. The van der Waals surface area contributed by atoms with Gasteiger partial charge in [0.15, 0.2) is 0 Å². The molecule has 0 unspecified atom stereocenters. The lowest BCUT2D eigenvalue weighted by atomic mass is 9.96. The van der Waals surface area contributed by atoms with E-state index >= 15 is 0 Å². The summed E-state index contributed by atoms with van der Waals surface area (Å²) in [5.74, 6) is 1.59. The maximum Gasteiger partial charge on any atom is 0.258 e. The van der Waals surface area contributed by atoms with Crippen molar-refractivity contribution < 1.29 is 9.53 Å². The summed E-state index contributed by atoms with van der Waals surface area (Å²) in [6.45, 7) is 11.1. The second-order valence-corrected chi connectivity index (χ2v) is 10.8. The van der Waals surface area contributed by atoms with E-state index in [2.05, 4.69) is 52.5 Å². The zero-order chi connectivity index (χ0) is 24.4. The third kappa shape index (κ3) is 5.41. The lowest BCUT2D eigenvalue weighted by Gasteiger charge is -2.32. The molecular weight excluding hydrogens is 456 g/mol. The molecule has 0 atom stereocenters. The highest BCUT2D eigenvalue weighted by atomic mass is 32.2. The van der Waals surface area contributed by atoms with E-state index in [1.807, 2.05) is 30.5 Å². The molecule has 1 fully saturated rings. The molecule has 1 saturated heterocycles. The monoisotopic (exact) mass is 490 g/mol. The molecule has 6 nitrogen and oxygen atoms in total. The second kappa shape index (κ2) is 10.5. The molecule has 184 valence electrons. The van der Waals surface area contributed by atoms with Crippen molar-refractivity contribution >= 4 is 29.4 Å². The quantitative estimate of drug-likeness (QED) is 0.450.